The van der Waals surface area contributed by atoms with E-state index in [-0.39, 0.29) is 23.7 Å². The predicted octanol–water partition coefficient (Wildman–Crippen LogP) is 0.324. The monoisotopic (exact) mass is 344 g/mol. The summed E-state index contributed by atoms with van der Waals surface area (Å²) in [6, 6.07) is 8.13. The zero-order chi connectivity index (χ0) is 16.4. The number of methoxy groups -OCH3 is 1. The molecule has 0 aromatic heterocycles. The Bertz CT molecular complexity index is 618. The predicted molar refractivity (Wildman–Crippen MR) is 79.4 cm³/mol. The van der Waals surface area contributed by atoms with Gasteiger partial charge in [0.25, 0.3) is 0 Å². The normalized spacial score (nSPS) is 34.8. The topological polar surface area (TPSA) is 91.3 Å². The minimum absolute atomic E-state index is 0.149. The molecule has 0 saturated carbocycles. The summed E-state index contributed by atoms with van der Waals surface area (Å²) in [5.41, 5.74) is 0. The van der Waals surface area contributed by atoms with Gasteiger partial charge in [0.1, 0.15) is 18.0 Å². The number of ether oxygens (including phenoxy) is 4. The van der Waals surface area contributed by atoms with Crippen LogP contribution in [0.3, 0.4) is 0 Å². The molecule has 0 bridgehead atoms. The number of aliphatic hydroxyl groups is 1. The maximum absolute atomic E-state index is 12.4. The summed E-state index contributed by atoms with van der Waals surface area (Å²) in [4.78, 5) is 0.217. The van der Waals surface area contributed by atoms with Gasteiger partial charge in [-0.05, 0) is 12.1 Å². The number of benzene rings is 1. The van der Waals surface area contributed by atoms with Crippen molar-refractivity contribution >= 4 is 9.84 Å². The van der Waals surface area contributed by atoms with Crippen molar-refractivity contribution in [3.63, 3.8) is 0 Å². The molecule has 2 fully saturated rings. The van der Waals surface area contributed by atoms with E-state index in [0.29, 0.717) is 0 Å². The summed E-state index contributed by atoms with van der Waals surface area (Å²) >= 11 is 0. The van der Waals surface area contributed by atoms with Crippen LogP contribution in [0.1, 0.15) is 6.42 Å². The van der Waals surface area contributed by atoms with Crippen LogP contribution >= 0.6 is 0 Å². The Balaban J connectivity index is 1.66. The van der Waals surface area contributed by atoms with Crippen LogP contribution in [-0.2, 0) is 28.8 Å². The van der Waals surface area contributed by atoms with Gasteiger partial charge < -0.3 is 24.1 Å². The average Bonchev–Trinajstić information content (AvgIpc) is 2.55. The lowest BCUT2D eigenvalue weighted by Gasteiger charge is -2.43. The van der Waals surface area contributed by atoms with Gasteiger partial charge in [-0.1, -0.05) is 18.2 Å². The molecule has 3 rings (SSSR count). The minimum Gasteiger partial charge on any atom is -0.390 e. The van der Waals surface area contributed by atoms with Crippen LogP contribution in [0.4, 0.5) is 0 Å². The summed E-state index contributed by atoms with van der Waals surface area (Å²) < 4.78 is 46.5. The van der Waals surface area contributed by atoms with Crippen molar-refractivity contribution < 1.29 is 32.5 Å². The fourth-order valence-corrected chi connectivity index (χ4v) is 4.08. The fraction of sp³-hybridized carbons (Fsp3) is 0.600. The first kappa shape index (κ1) is 16.8. The Morgan fingerprint density at radius 3 is 2.70 bits per heavy atom. The van der Waals surface area contributed by atoms with E-state index in [0.717, 1.165) is 0 Å². The summed E-state index contributed by atoms with van der Waals surface area (Å²) in [7, 11) is -2.03. The number of hydrogen-bond donors (Lipinski definition) is 1. The SMILES string of the molecule is COC1C[C@@H](O)[C@@H]2OC(CS(=O)(=O)c3ccccc3)OC[C@H]2O1. The number of aliphatic hydroxyl groups excluding tert-OH is 1. The van der Waals surface area contributed by atoms with Crippen LogP contribution in [-0.4, -0.2) is 63.9 Å². The van der Waals surface area contributed by atoms with Crippen molar-refractivity contribution in [2.75, 3.05) is 19.5 Å². The van der Waals surface area contributed by atoms with Gasteiger partial charge in [-0.15, -0.1) is 0 Å². The maximum Gasteiger partial charge on any atom is 0.183 e. The van der Waals surface area contributed by atoms with Gasteiger partial charge in [-0.25, -0.2) is 8.42 Å². The highest BCUT2D eigenvalue weighted by molar-refractivity contribution is 7.91. The van der Waals surface area contributed by atoms with E-state index in [9.17, 15) is 13.5 Å². The average molecular weight is 344 g/mol. The molecule has 2 unspecified atom stereocenters. The van der Waals surface area contributed by atoms with Gasteiger partial charge in [-0.2, -0.15) is 0 Å². The van der Waals surface area contributed by atoms with Crippen molar-refractivity contribution in [3.05, 3.63) is 30.3 Å². The number of rotatable bonds is 4. The Kier molecular flexibility index (Phi) is 5.00. The Labute approximate surface area is 135 Å². The molecule has 0 aliphatic carbocycles. The number of sulfone groups is 1. The van der Waals surface area contributed by atoms with E-state index >= 15 is 0 Å². The van der Waals surface area contributed by atoms with Crippen LogP contribution in [0.15, 0.2) is 35.2 Å². The second kappa shape index (κ2) is 6.84. The van der Waals surface area contributed by atoms with E-state index in [4.69, 9.17) is 18.9 Å². The minimum atomic E-state index is -3.53. The van der Waals surface area contributed by atoms with Crippen LogP contribution in [0.2, 0.25) is 0 Å². The van der Waals surface area contributed by atoms with Crippen molar-refractivity contribution in [3.8, 4) is 0 Å². The second-order valence-electron chi connectivity index (χ2n) is 5.60. The fourth-order valence-electron chi connectivity index (χ4n) is 2.78. The summed E-state index contributed by atoms with van der Waals surface area (Å²) in [5.74, 6) is -0.305. The van der Waals surface area contributed by atoms with E-state index in [1.54, 1.807) is 18.2 Å². The lowest BCUT2D eigenvalue weighted by molar-refractivity contribution is -0.326. The molecular weight excluding hydrogens is 324 g/mol. The van der Waals surface area contributed by atoms with Crippen molar-refractivity contribution in [1.29, 1.82) is 0 Å². The van der Waals surface area contributed by atoms with E-state index in [2.05, 4.69) is 0 Å². The molecule has 0 spiro atoms. The zero-order valence-corrected chi connectivity index (χ0v) is 13.5. The first-order valence-electron chi connectivity index (χ1n) is 7.41. The van der Waals surface area contributed by atoms with E-state index in [1.807, 2.05) is 0 Å². The molecule has 128 valence electrons. The highest BCUT2D eigenvalue weighted by Gasteiger charge is 2.44. The van der Waals surface area contributed by atoms with Crippen LogP contribution in [0.25, 0.3) is 0 Å². The first-order chi connectivity index (χ1) is 11.0. The molecule has 2 aliphatic heterocycles. The third-order valence-corrected chi connectivity index (χ3v) is 5.68. The van der Waals surface area contributed by atoms with Gasteiger partial charge in [-0.3, -0.25) is 0 Å². The highest BCUT2D eigenvalue weighted by atomic mass is 32.2. The molecule has 1 aromatic carbocycles. The molecular formula is C15H20O7S. The van der Waals surface area contributed by atoms with Crippen molar-refractivity contribution in [1.82, 2.24) is 0 Å². The third kappa shape index (κ3) is 3.73. The lowest BCUT2D eigenvalue weighted by atomic mass is 10.0. The van der Waals surface area contributed by atoms with Crippen LogP contribution < -0.4 is 0 Å². The van der Waals surface area contributed by atoms with Gasteiger partial charge in [0.15, 0.2) is 22.4 Å². The molecule has 2 saturated heterocycles. The quantitative estimate of drug-likeness (QED) is 0.841. The molecule has 0 amide bonds. The van der Waals surface area contributed by atoms with Gasteiger partial charge in [0.05, 0.1) is 17.6 Å². The largest absolute Gasteiger partial charge is 0.390 e. The second-order valence-corrected chi connectivity index (χ2v) is 7.64. The molecule has 23 heavy (non-hydrogen) atoms. The van der Waals surface area contributed by atoms with Gasteiger partial charge in [0.2, 0.25) is 0 Å². The Morgan fingerprint density at radius 2 is 2.00 bits per heavy atom. The van der Waals surface area contributed by atoms with Crippen molar-refractivity contribution in [2.24, 2.45) is 0 Å². The summed E-state index contributed by atoms with van der Waals surface area (Å²) in [6.07, 6.45) is -3.05. The van der Waals surface area contributed by atoms with Gasteiger partial charge >= 0.3 is 0 Å². The smallest absolute Gasteiger partial charge is 0.183 e. The Hall–Kier alpha value is -1.03. The lowest BCUT2D eigenvalue weighted by Crippen LogP contribution is -2.57. The molecule has 2 heterocycles. The number of hydrogen-bond acceptors (Lipinski definition) is 7. The Morgan fingerprint density at radius 1 is 1.26 bits per heavy atom. The van der Waals surface area contributed by atoms with Gasteiger partial charge in [0, 0.05) is 13.5 Å². The maximum atomic E-state index is 12.4. The van der Waals surface area contributed by atoms with E-state index < -0.39 is 40.7 Å². The molecule has 0 radical (unpaired) electrons. The first-order valence-corrected chi connectivity index (χ1v) is 9.06. The van der Waals surface area contributed by atoms with E-state index in [1.165, 1.54) is 19.2 Å². The standard InChI is InChI=1S/C15H20O7S/c1-19-13-7-11(16)15-12(21-13)8-20-14(22-15)9-23(17,18)10-5-3-2-4-6-10/h2-6,11-16H,7-9H2,1H3/t11-,12-,13?,14?,15+/m1/s1. The third-order valence-electron chi connectivity index (χ3n) is 3.98. The highest BCUT2D eigenvalue weighted by Crippen LogP contribution is 2.29. The van der Waals surface area contributed by atoms with Crippen LogP contribution in [0.5, 0.6) is 0 Å². The molecule has 1 N–H and O–H groups in total. The molecule has 2 aliphatic rings. The molecule has 5 atom stereocenters. The van der Waals surface area contributed by atoms with Crippen LogP contribution in [0, 0.1) is 0 Å². The summed E-state index contributed by atoms with van der Waals surface area (Å²) in [6.45, 7) is 0.149. The molecule has 8 heteroatoms. The summed E-state index contributed by atoms with van der Waals surface area (Å²) in [5, 5.41) is 10.1. The zero-order valence-electron chi connectivity index (χ0n) is 12.7. The molecule has 7 nitrogen and oxygen atoms in total. The molecule has 1 aromatic rings. The number of fused-ring (bicyclic) bond motifs is 1. The van der Waals surface area contributed by atoms with Crippen molar-refractivity contribution in [2.45, 2.75) is 42.2 Å².